The molecule has 1 N–H and O–H groups in total. The molecular formula is C15H24CuO4S. The van der Waals surface area contributed by atoms with E-state index < -0.39 is 16.4 Å². The fourth-order valence-corrected chi connectivity index (χ4v) is 2.93. The van der Waals surface area contributed by atoms with Crippen molar-refractivity contribution in [1.29, 1.82) is 0 Å². The van der Waals surface area contributed by atoms with Gasteiger partial charge in [0.1, 0.15) is 0 Å². The zero-order chi connectivity index (χ0) is 14.8. The average molecular weight is 364 g/mol. The number of aliphatic hydroxyl groups excluding tert-OH is 1. The summed E-state index contributed by atoms with van der Waals surface area (Å²) in [6, 6.07) is 7.87. The van der Waals surface area contributed by atoms with Crippen molar-refractivity contribution in [2.75, 3.05) is 0 Å². The van der Waals surface area contributed by atoms with Gasteiger partial charge in [0.25, 0.3) is 10.1 Å². The van der Waals surface area contributed by atoms with Gasteiger partial charge in [-0.1, -0.05) is 57.2 Å². The number of benzene rings is 1. The zero-order valence-electron chi connectivity index (χ0n) is 12.3. The second-order valence-electron chi connectivity index (χ2n) is 4.87. The molecule has 0 bridgehead atoms. The number of rotatable bonds is 10. The molecule has 1 unspecified atom stereocenters. The van der Waals surface area contributed by atoms with Gasteiger partial charge in [-0.15, -0.1) is 0 Å². The molecule has 125 valence electrons. The summed E-state index contributed by atoms with van der Waals surface area (Å²) in [5.41, 5.74) is 0. The molecule has 0 fully saturated rings. The molecule has 0 saturated heterocycles. The summed E-state index contributed by atoms with van der Waals surface area (Å²) < 4.78 is 28.4. The van der Waals surface area contributed by atoms with Gasteiger partial charge in [0.15, 0.2) is 6.29 Å². The largest absolute Gasteiger partial charge is 0.367 e. The molecule has 1 aromatic rings. The summed E-state index contributed by atoms with van der Waals surface area (Å²) in [5, 5.41) is 9.65. The number of aliphatic hydroxyl groups is 1. The van der Waals surface area contributed by atoms with E-state index in [2.05, 4.69) is 6.92 Å². The maximum atomic E-state index is 11.8. The topological polar surface area (TPSA) is 63.6 Å². The third kappa shape index (κ3) is 8.59. The first-order valence-electron chi connectivity index (χ1n) is 7.22. The first-order valence-corrected chi connectivity index (χ1v) is 8.63. The molecule has 0 aliphatic heterocycles. The van der Waals surface area contributed by atoms with Crippen molar-refractivity contribution in [1.82, 2.24) is 0 Å². The van der Waals surface area contributed by atoms with Crippen molar-refractivity contribution in [3.05, 3.63) is 30.3 Å². The van der Waals surface area contributed by atoms with Crippen molar-refractivity contribution in [3.8, 4) is 0 Å². The fraction of sp³-hybridized carbons (Fsp3) is 0.600. The van der Waals surface area contributed by atoms with Crippen LogP contribution in [0.3, 0.4) is 0 Å². The summed E-state index contributed by atoms with van der Waals surface area (Å²) in [6.45, 7) is 2.16. The maximum Gasteiger partial charge on any atom is 0.299 e. The Bertz CT molecular complexity index is 462. The Hall–Kier alpha value is -0.391. The van der Waals surface area contributed by atoms with Gasteiger partial charge in [-0.3, -0.25) is 0 Å². The summed E-state index contributed by atoms with van der Waals surface area (Å²) >= 11 is 0. The van der Waals surface area contributed by atoms with Gasteiger partial charge in [-0.25, -0.2) is 4.18 Å². The van der Waals surface area contributed by atoms with Crippen LogP contribution in [-0.2, 0) is 31.4 Å². The monoisotopic (exact) mass is 363 g/mol. The molecule has 0 saturated carbocycles. The minimum atomic E-state index is -3.86. The van der Waals surface area contributed by atoms with Gasteiger partial charge < -0.3 is 5.11 Å². The smallest absolute Gasteiger partial charge is 0.299 e. The molecule has 1 radical (unpaired) electrons. The third-order valence-corrected chi connectivity index (χ3v) is 4.40. The second kappa shape index (κ2) is 11.2. The van der Waals surface area contributed by atoms with E-state index in [1.54, 1.807) is 18.2 Å². The second-order valence-corrected chi connectivity index (χ2v) is 6.45. The molecule has 1 atom stereocenters. The van der Waals surface area contributed by atoms with Crippen LogP contribution in [0, 0.1) is 0 Å². The van der Waals surface area contributed by atoms with Gasteiger partial charge in [0, 0.05) is 17.1 Å². The molecular weight excluding hydrogens is 340 g/mol. The van der Waals surface area contributed by atoms with Crippen LogP contribution in [0.5, 0.6) is 0 Å². The molecule has 4 nitrogen and oxygen atoms in total. The Morgan fingerprint density at radius 1 is 1.05 bits per heavy atom. The third-order valence-electron chi connectivity index (χ3n) is 3.07. The molecule has 0 aliphatic carbocycles. The Morgan fingerprint density at radius 2 is 1.62 bits per heavy atom. The molecule has 0 aliphatic rings. The van der Waals surface area contributed by atoms with Crippen LogP contribution in [-0.4, -0.2) is 19.8 Å². The van der Waals surface area contributed by atoms with E-state index in [0.717, 1.165) is 19.3 Å². The fourth-order valence-electron chi connectivity index (χ4n) is 1.94. The Labute approximate surface area is 138 Å². The first-order chi connectivity index (χ1) is 9.56. The summed E-state index contributed by atoms with van der Waals surface area (Å²) in [5.74, 6) is 0. The van der Waals surface area contributed by atoms with E-state index in [9.17, 15) is 13.5 Å². The van der Waals surface area contributed by atoms with E-state index in [0.29, 0.717) is 6.42 Å². The van der Waals surface area contributed by atoms with Crippen molar-refractivity contribution >= 4 is 10.1 Å². The maximum absolute atomic E-state index is 11.8. The van der Waals surface area contributed by atoms with Crippen molar-refractivity contribution in [2.45, 2.75) is 63.1 Å². The minimum Gasteiger partial charge on any atom is -0.367 e. The van der Waals surface area contributed by atoms with Gasteiger partial charge >= 0.3 is 0 Å². The van der Waals surface area contributed by atoms with Crippen molar-refractivity contribution in [3.63, 3.8) is 0 Å². The average Bonchev–Trinajstić information content (AvgIpc) is 2.43. The summed E-state index contributed by atoms with van der Waals surface area (Å²) in [7, 11) is -3.86. The van der Waals surface area contributed by atoms with E-state index in [1.807, 2.05) is 0 Å². The van der Waals surface area contributed by atoms with E-state index in [4.69, 9.17) is 4.18 Å². The quantitative estimate of drug-likeness (QED) is 0.299. The molecule has 21 heavy (non-hydrogen) atoms. The summed E-state index contributed by atoms with van der Waals surface area (Å²) in [6.07, 6.45) is 5.58. The minimum absolute atomic E-state index is 0. The standard InChI is InChI=1S/C15H24O4S.Cu/c1-2-3-4-5-6-10-13-15(16)19-20(17,18)14-11-8-7-9-12-14;/h7-9,11-12,15-16H,2-6,10,13H2,1H3;. The van der Waals surface area contributed by atoms with E-state index in [1.165, 1.54) is 31.4 Å². The molecule has 0 spiro atoms. The zero-order valence-corrected chi connectivity index (χ0v) is 14.1. The predicted molar refractivity (Wildman–Crippen MR) is 78.7 cm³/mol. The first kappa shape index (κ1) is 20.6. The van der Waals surface area contributed by atoms with Gasteiger partial charge in [0.05, 0.1) is 4.90 Å². The Morgan fingerprint density at radius 3 is 2.24 bits per heavy atom. The molecule has 0 amide bonds. The molecule has 1 rings (SSSR count). The van der Waals surface area contributed by atoms with Crippen molar-refractivity contribution < 1.29 is 34.8 Å². The molecule has 6 heteroatoms. The number of hydrogen-bond donors (Lipinski definition) is 1. The molecule has 1 aromatic carbocycles. The van der Waals surface area contributed by atoms with Crippen LogP contribution < -0.4 is 0 Å². The molecule has 0 heterocycles. The van der Waals surface area contributed by atoms with Crippen molar-refractivity contribution in [2.24, 2.45) is 0 Å². The molecule has 0 aromatic heterocycles. The van der Waals surface area contributed by atoms with Crippen LogP contribution in [0.1, 0.15) is 51.9 Å². The van der Waals surface area contributed by atoms with Gasteiger partial charge in [-0.2, -0.15) is 8.42 Å². The SMILES string of the molecule is CCCCCCCCC(O)OS(=O)(=O)c1ccccc1.[Cu]. The van der Waals surface area contributed by atoms with Crippen LogP contribution >= 0.6 is 0 Å². The Kier molecular flexibility index (Phi) is 11.0. The van der Waals surface area contributed by atoms with E-state index >= 15 is 0 Å². The van der Waals surface area contributed by atoms with Gasteiger partial charge in [0.2, 0.25) is 0 Å². The normalized spacial score (nSPS) is 12.7. The Balaban J connectivity index is 0.00000400. The number of unbranched alkanes of at least 4 members (excludes halogenated alkanes) is 5. The van der Waals surface area contributed by atoms with Crippen LogP contribution in [0.15, 0.2) is 35.2 Å². The summed E-state index contributed by atoms with van der Waals surface area (Å²) in [4.78, 5) is 0.0713. The van der Waals surface area contributed by atoms with Crippen LogP contribution in [0.4, 0.5) is 0 Å². The predicted octanol–water partition coefficient (Wildman–Crippen LogP) is 3.46. The van der Waals surface area contributed by atoms with Crippen LogP contribution in [0.2, 0.25) is 0 Å². The number of hydrogen-bond acceptors (Lipinski definition) is 4. The van der Waals surface area contributed by atoms with Gasteiger partial charge in [-0.05, 0) is 25.0 Å². The van der Waals surface area contributed by atoms with Crippen LogP contribution in [0.25, 0.3) is 0 Å². The van der Waals surface area contributed by atoms with E-state index in [-0.39, 0.29) is 22.0 Å².